The number of amides is 1. The van der Waals surface area contributed by atoms with Gasteiger partial charge in [0.15, 0.2) is 0 Å². The Balaban J connectivity index is 1.90. The van der Waals surface area contributed by atoms with Crippen LogP contribution >= 0.6 is 0 Å². The fourth-order valence-electron chi connectivity index (χ4n) is 3.06. The van der Waals surface area contributed by atoms with Gasteiger partial charge >= 0.3 is 0 Å². The van der Waals surface area contributed by atoms with Gasteiger partial charge in [-0.15, -0.1) is 0 Å². The van der Waals surface area contributed by atoms with Crippen molar-refractivity contribution in [2.45, 2.75) is 45.1 Å². The van der Waals surface area contributed by atoms with Crippen molar-refractivity contribution in [3.8, 4) is 5.75 Å². The topological polar surface area (TPSA) is 88.1 Å². The van der Waals surface area contributed by atoms with E-state index in [2.05, 4.69) is 10.5 Å². The second-order valence-corrected chi connectivity index (χ2v) is 8.33. The predicted molar refractivity (Wildman–Crippen MR) is 102 cm³/mol. The first kappa shape index (κ1) is 20.4. The Bertz CT molecular complexity index is 710. The van der Waals surface area contributed by atoms with Gasteiger partial charge < -0.3 is 4.74 Å². The second-order valence-electron chi connectivity index (χ2n) is 6.40. The summed E-state index contributed by atoms with van der Waals surface area (Å²) in [5.74, 6) is 0.327. The average Bonchev–Trinajstić information content (AvgIpc) is 2.61. The molecule has 8 heteroatoms. The first-order valence-electron chi connectivity index (χ1n) is 8.91. The minimum Gasteiger partial charge on any atom is -0.494 e. The highest BCUT2D eigenvalue weighted by atomic mass is 32.2. The predicted octanol–water partition coefficient (Wildman–Crippen LogP) is 2.13. The van der Waals surface area contributed by atoms with E-state index in [9.17, 15) is 13.2 Å². The minimum atomic E-state index is -3.44. The van der Waals surface area contributed by atoms with Crippen LogP contribution in [0, 0.1) is 0 Å². The van der Waals surface area contributed by atoms with Crippen LogP contribution in [0.5, 0.6) is 5.75 Å². The Hall–Kier alpha value is -1.93. The van der Waals surface area contributed by atoms with E-state index in [-0.39, 0.29) is 12.6 Å². The van der Waals surface area contributed by atoms with E-state index in [1.165, 1.54) is 10.5 Å². The molecule has 2 rings (SSSR count). The Morgan fingerprint density at radius 2 is 1.92 bits per heavy atom. The molecule has 1 amide bonds. The fraction of sp³-hybridized carbons (Fsp3) is 0.556. The molecule has 0 unspecified atom stereocenters. The molecule has 1 fully saturated rings. The lowest BCUT2D eigenvalue weighted by Crippen LogP contribution is -2.45. The number of hydrogen-bond acceptors (Lipinski definition) is 5. The number of nitrogens with one attached hydrogen (secondary N) is 1. The van der Waals surface area contributed by atoms with Gasteiger partial charge in [-0.2, -0.15) is 9.41 Å². The molecule has 0 heterocycles. The van der Waals surface area contributed by atoms with Crippen LogP contribution in [0.15, 0.2) is 29.4 Å². The maximum Gasteiger partial charge on any atom is 0.255 e. The molecule has 7 nitrogen and oxygen atoms in total. The van der Waals surface area contributed by atoms with Crippen molar-refractivity contribution >= 4 is 22.1 Å². The summed E-state index contributed by atoms with van der Waals surface area (Å²) in [5.41, 5.74) is 3.21. The van der Waals surface area contributed by atoms with Gasteiger partial charge in [0.2, 0.25) is 10.0 Å². The highest BCUT2D eigenvalue weighted by Crippen LogP contribution is 2.24. The summed E-state index contributed by atoms with van der Waals surface area (Å²) in [5, 5.41) is 3.91. The van der Waals surface area contributed by atoms with Crippen molar-refractivity contribution in [3.63, 3.8) is 0 Å². The second kappa shape index (κ2) is 9.68. The summed E-state index contributed by atoms with van der Waals surface area (Å²) >= 11 is 0. The number of hydrazone groups is 1. The third-order valence-electron chi connectivity index (χ3n) is 4.30. The molecule has 1 aliphatic carbocycles. The summed E-state index contributed by atoms with van der Waals surface area (Å²) in [7, 11) is -3.44. The number of sulfonamides is 1. The molecule has 0 atom stereocenters. The molecule has 0 bridgehead atoms. The van der Waals surface area contributed by atoms with Crippen LogP contribution < -0.4 is 10.2 Å². The van der Waals surface area contributed by atoms with E-state index >= 15 is 0 Å². The van der Waals surface area contributed by atoms with Crippen molar-refractivity contribution in [1.29, 1.82) is 0 Å². The number of carbonyl (C=O) groups excluding carboxylic acids is 1. The molecule has 0 aromatic heterocycles. The van der Waals surface area contributed by atoms with Crippen molar-refractivity contribution < 1.29 is 17.9 Å². The Morgan fingerprint density at radius 3 is 2.50 bits per heavy atom. The summed E-state index contributed by atoms with van der Waals surface area (Å²) in [4.78, 5) is 12.1. The smallest absolute Gasteiger partial charge is 0.255 e. The molecule has 0 radical (unpaired) electrons. The maximum atomic E-state index is 12.1. The minimum absolute atomic E-state index is 0.0976. The fourth-order valence-corrected chi connectivity index (χ4v) is 4.16. The van der Waals surface area contributed by atoms with Gasteiger partial charge in [0.1, 0.15) is 5.75 Å². The van der Waals surface area contributed by atoms with Gasteiger partial charge in [-0.05, 0) is 49.6 Å². The molecule has 1 aliphatic rings. The molecule has 0 aliphatic heterocycles. The quantitative estimate of drug-likeness (QED) is 0.552. The van der Waals surface area contributed by atoms with E-state index in [1.807, 2.05) is 31.2 Å². The standard InChI is InChI=1S/C18H27N3O4S/c1-3-25-17-11-9-15(10-12-17)13-19-20-18(22)14-21(26(2,23)24)16-7-5-4-6-8-16/h9-13,16H,3-8,14H2,1-2H3,(H,20,22). The van der Waals surface area contributed by atoms with Crippen LogP contribution in [0.4, 0.5) is 0 Å². The van der Waals surface area contributed by atoms with Gasteiger partial charge in [-0.1, -0.05) is 19.3 Å². The third-order valence-corrected chi connectivity index (χ3v) is 5.58. The normalized spacial score (nSPS) is 16.1. The average molecular weight is 381 g/mol. The van der Waals surface area contributed by atoms with Gasteiger partial charge in [-0.25, -0.2) is 13.8 Å². The van der Waals surface area contributed by atoms with E-state index in [1.54, 1.807) is 0 Å². The van der Waals surface area contributed by atoms with Crippen molar-refractivity contribution in [2.75, 3.05) is 19.4 Å². The SMILES string of the molecule is CCOc1ccc(C=NNC(=O)CN(C2CCCCC2)S(C)(=O)=O)cc1. The molecule has 0 saturated heterocycles. The molecule has 1 aromatic rings. The number of carbonyl (C=O) groups is 1. The molecular formula is C18H27N3O4S. The molecule has 26 heavy (non-hydrogen) atoms. The van der Waals surface area contributed by atoms with Crippen LogP contribution in [0.1, 0.15) is 44.6 Å². The zero-order valence-electron chi connectivity index (χ0n) is 15.3. The van der Waals surface area contributed by atoms with E-state index in [0.717, 1.165) is 49.7 Å². The summed E-state index contributed by atoms with van der Waals surface area (Å²) in [6.07, 6.45) is 7.37. The molecule has 1 saturated carbocycles. The first-order valence-corrected chi connectivity index (χ1v) is 10.8. The van der Waals surface area contributed by atoms with Crippen molar-refractivity contribution in [3.05, 3.63) is 29.8 Å². The van der Waals surface area contributed by atoms with Crippen LogP contribution in [0.25, 0.3) is 0 Å². The monoisotopic (exact) mass is 381 g/mol. The summed E-state index contributed by atoms with van der Waals surface area (Å²) in [6, 6.07) is 7.19. The number of hydrogen-bond donors (Lipinski definition) is 1. The largest absolute Gasteiger partial charge is 0.494 e. The first-order chi connectivity index (χ1) is 12.4. The van der Waals surface area contributed by atoms with Crippen LogP contribution in [-0.4, -0.2) is 50.3 Å². The molecule has 144 valence electrons. The molecular weight excluding hydrogens is 354 g/mol. The number of benzene rings is 1. The van der Waals surface area contributed by atoms with Crippen LogP contribution in [-0.2, 0) is 14.8 Å². The van der Waals surface area contributed by atoms with E-state index < -0.39 is 15.9 Å². The highest BCUT2D eigenvalue weighted by molar-refractivity contribution is 7.88. The lowest BCUT2D eigenvalue weighted by molar-refractivity contribution is -0.121. The maximum absolute atomic E-state index is 12.1. The van der Waals surface area contributed by atoms with Crippen LogP contribution in [0.3, 0.4) is 0 Å². The van der Waals surface area contributed by atoms with Gasteiger partial charge in [-0.3, -0.25) is 4.79 Å². The number of ether oxygens (including phenoxy) is 1. The Labute approximate surface area is 155 Å². The lowest BCUT2D eigenvalue weighted by Gasteiger charge is -2.31. The Kier molecular flexibility index (Phi) is 7.59. The van der Waals surface area contributed by atoms with E-state index in [4.69, 9.17) is 4.74 Å². The van der Waals surface area contributed by atoms with E-state index in [0.29, 0.717) is 6.61 Å². The van der Waals surface area contributed by atoms with Crippen molar-refractivity contribution in [1.82, 2.24) is 9.73 Å². The molecule has 0 spiro atoms. The van der Waals surface area contributed by atoms with Crippen LogP contribution in [0.2, 0.25) is 0 Å². The number of rotatable bonds is 8. The molecule has 1 N–H and O–H groups in total. The Morgan fingerprint density at radius 1 is 1.27 bits per heavy atom. The highest BCUT2D eigenvalue weighted by Gasteiger charge is 2.29. The zero-order valence-corrected chi connectivity index (χ0v) is 16.2. The molecule has 1 aromatic carbocycles. The number of nitrogens with zero attached hydrogens (tertiary/aromatic N) is 2. The lowest BCUT2D eigenvalue weighted by atomic mass is 9.95. The third kappa shape index (κ3) is 6.42. The van der Waals surface area contributed by atoms with Crippen molar-refractivity contribution in [2.24, 2.45) is 5.10 Å². The van der Waals surface area contributed by atoms with Gasteiger partial charge in [0.05, 0.1) is 25.6 Å². The zero-order chi connectivity index (χ0) is 19.0. The van der Waals surface area contributed by atoms with Gasteiger partial charge in [0, 0.05) is 6.04 Å². The summed E-state index contributed by atoms with van der Waals surface area (Å²) < 4.78 is 30.7. The van der Waals surface area contributed by atoms with Gasteiger partial charge in [0.25, 0.3) is 5.91 Å². The summed E-state index contributed by atoms with van der Waals surface area (Å²) in [6.45, 7) is 2.31.